The Balaban J connectivity index is 2.69. The number of aliphatic carboxylic acids is 1. The highest BCUT2D eigenvalue weighted by molar-refractivity contribution is 5.84. The third-order valence-corrected chi connectivity index (χ3v) is 7.55. The zero-order valence-electron chi connectivity index (χ0n) is 25.9. The van der Waals surface area contributed by atoms with Gasteiger partial charge in [-0.1, -0.05) is 85.8 Å². The summed E-state index contributed by atoms with van der Waals surface area (Å²) in [6.45, 7) is 15.5. The summed E-state index contributed by atoms with van der Waals surface area (Å²) < 4.78 is 11.6. The highest BCUT2D eigenvalue weighted by Gasteiger charge is 2.46. The van der Waals surface area contributed by atoms with E-state index in [0.717, 1.165) is 32.1 Å². The first-order valence-corrected chi connectivity index (χ1v) is 14.9. The first-order valence-electron chi connectivity index (χ1n) is 14.9. The molecule has 1 rings (SSSR count). The molecule has 3 unspecified atom stereocenters. The van der Waals surface area contributed by atoms with Crippen LogP contribution < -0.4 is 10.6 Å². The number of rotatable bonds is 18. The van der Waals surface area contributed by atoms with E-state index >= 15 is 0 Å². The van der Waals surface area contributed by atoms with Gasteiger partial charge < -0.3 is 25.2 Å². The van der Waals surface area contributed by atoms with Gasteiger partial charge in [-0.05, 0) is 46.0 Å². The number of carbonyl (C=O) groups is 3. The number of hydrogen-bond donors (Lipinski definition) is 3. The van der Waals surface area contributed by atoms with Gasteiger partial charge in [0.25, 0.3) is 0 Å². The lowest BCUT2D eigenvalue weighted by atomic mass is 9.84. The molecule has 0 aromatic heterocycles. The Bertz CT molecular complexity index is 805. The molecule has 1 aliphatic rings. The van der Waals surface area contributed by atoms with Crippen LogP contribution in [-0.4, -0.2) is 53.5 Å². The second kappa shape index (κ2) is 16.4. The van der Waals surface area contributed by atoms with Gasteiger partial charge in [-0.15, -0.1) is 0 Å². The maximum absolute atomic E-state index is 13.3. The van der Waals surface area contributed by atoms with Crippen molar-refractivity contribution in [2.24, 2.45) is 10.8 Å². The van der Waals surface area contributed by atoms with Gasteiger partial charge in [0.05, 0.1) is 19.1 Å². The molecule has 0 radical (unpaired) electrons. The second-order valence-electron chi connectivity index (χ2n) is 12.8. The summed E-state index contributed by atoms with van der Waals surface area (Å²) >= 11 is 0. The van der Waals surface area contributed by atoms with Crippen molar-refractivity contribution in [3.8, 4) is 0 Å². The van der Waals surface area contributed by atoms with Crippen molar-refractivity contribution in [1.82, 2.24) is 10.6 Å². The molecule has 2 amide bonds. The fourth-order valence-corrected chi connectivity index (χ4v) is 4.85. The summed E-state index contributed by atoms with van der Waals surface area (Å²) in [6.07, 6.45) is 13.8. The molecule has 0 saturated carbocycles. The highest BCUT2D eigenvalue weighted by atomic mass is 16.7. The van der Waals surface area contributed by atoms with E-state index in [9.17, 15) is 19.5 Å². The maximum atomic E-state index is 13.3. The molecule has 8 nitrogen and oxygen atoms in total. The van der Waals surface area contributed by atoms with Crippen LogP contribution in [0.15, 0.2) is 12.2 Å². The van der Waals surface area contributed by atoms with Gasteiger partial charge in [0.1, 0.15) is 6.10 Å². The van der Waals surface area contributed by atoms with Gasteiger partial charge >= 0.3 is 5.97 Å². The third-order valence-electron chi connectivity index (χ3n) is 7.55. The van der Waals surface area contributed by atoms with E-state index in [4.69, 9.17) is 9.47 Å². The number of carboxylic acids is 1. The minimum Gasteiger partial charge on any atom is -0.481 e. The Morgan fingerprint density at radius 1 is 0.949 bits per heavy atom. The normalized spacial score (nSPS) is 20.4. The summed E-state index contributed by atoms with van der Waals surface area (Å²) in [6, 6.07) is -1.29. The Kier molecular flexibility index (Phi) is 14.7. The number of carboxylic acid groups (broad SMARTS) is 1. The van der Waals surface area contributed by atoms with Gasteiger partial charge in [0.2, 0.25) is 11.8 Å². The van der Waals surface area contributed by atoms with Crippen LogP contribution in [0.1, 0.15) is 126 Å². The first-order chi connectivity index (χ1) is 18.1. The Labute approximate surface area is 237 Å². The number of nitrogens with one attached hydrogen (secondary N) is 2. The molecule has 0 spiro atoms. The van der Waals surface area contributed by atoms with Crippen molar-refractivity contribution >= 4 is 17.8 Å². The van der Waals surface area contributed by atoms with E-state index in [1.807, 2.05) is 34.6 Å². The molecule has 1 heterocycles. The van der Waals surface area contributed by atoms with Crippen LogP contribution in [0.5, 0.6) is 0 Å². The molecule has 226 valence electrons. The fourth-order valence-electron chi connectivity index (χ4n) is 4.85. The van der Waals surface area contributed by atoms with Crippen molar-refractivity contribution in [3.63, 3.8) is 0 Å². The van der Waals surface area contributed by atoms with Crippen LogP contribution in [0, 0.1) is 10.8 Å². The topological polar surface area (TPSA) is 114 Å². The SMILES string of the molecule is CC/C=C/CCCCCCCCC(C)(C)C(=O)NC(CC)C(CC(=O)O)NC(=O)C1OC(C)(C)OCC1(C)C. The zero-order valence-corrected chi connectivity index (χ0v) is 25.9. The van der Waals surface area contributed by atoms with Gasteiger partial charge in [-0.25, -0.2) is 0 Å². The number of unbranched alkanes of at least 4 members (excludes halogenated alkanes) is 6. The molecule has 1 saturated heterocycles. The maximum Gasteiger partial charge on any atom is 0.305 e. The standard InChI is InChI=1S/C31H56N2O6/c1-9-11-12-13-14-15-16-17-18-19-20-29(3,4)28(37)33-23(10-2)24(21-25(34)35)32-27(36)26-30(5,6)22-38-31(7,8)39-26/h11-12,23-24,26H,9-10,13-22H2,1-8H3,(H,32,36)(H,33,37)(H,34,35)/b12-11+. The number of amides is 2. The first kappa shape index (κ1) is 35.1. The average molecular weight is 553 g/mol. The molecule has 0 bridgehead atoms. The van der Waals surface area contributed by atoms with E-state index in [1.54, 1.807) is 13.8 Å². The van der Waals surface area contributed by atoms with Crippen molar-refractivity contribution < 1.29 is 29.0 Å². The van der Waals surface area contributed by atoms with Crippen molar-refractivity contribution in [1.29, 1.82) is 0 Å². The summed E-state index contributed by atoms with van der Waals surface area (Å²) in [4.78, 5) is 38.3. The van der Waals surface area contributed by atoms with Gasteiger partial charge in [-0.3, -0.25) is 14.4 Å². The molecular weight excluding hydrogens is 496 g/mol. The lowest BCUT2D eigenvalue weighted by Gasteiger charge is -2.45. The predicted octanol–water partition coefficient (Wildman–Crippen LogP) is 6.13. The molecule has 1 fully saturated rings. The lowest BCUT2D eigenvalue weighted by molar-refractivity contribution is -0.304. The third kappa shape index (κ3) is 12.9. The highest BCUT2D eigenvalue weighted by Crippen LogP contribution is 2.35. The Hall–Kier alpha value is -1.93. The molecule has 0 aromatic rings. The van der Waals surface area contributed by atoms with Crippen LogP contribution in [0.3, 0.4) is 0 Å². The number of carbonyl (C=O) groups excluding carboxylic acids is 2. The molecule has 0 aliphatic carbocycles. The molecule has 3 atom stereocenters. The lowest BCUT2D eigenvalue weighted by Crippen LogP contribution is -2.61. The number of allylic oxidation sites excluding steroid dienone is 2. The van der Waals surface area contributed by atoms with Crippen LogP contribution in [0.25, 0.3) is 0 Å². The molecule has 0 aromatic carbocycles. The molecule has 1 aliphatic heterocycles. The van der Waals surface area contributed by atoms with Crippen LogP contribution in [0.4, 0.5) is 0 Å². The number of hydrogen-bond acceptors (Lipinski definition) is 5. The average Bonchev–Trinajstić information content (AvgIpc) is 2.84. The zero-order chi connectivity index (χ0) is 29.7. The minimum absolute atomic E-state index is 0.120. The minimum atomic E-state index is -1.04. The summed E-state index contributed by atoms with van der Waals surface area (Å²) in [5.41, 5.74) is -1.18. The summed E-state index contributed by atoms with van der Waals surface area (Å²) in [7, 11) is 0. The van der Waals surface area contributed by atoms with Gasteiger partial charge in [0, 0.05) is 16.9 Å². The van der Waals surface area contributed by atoms with Crippen molar-refractivity contribution in [2.75, 3.05) is 6.61 Å². The molecular formula is C31H56N2O6. The fraction of sp³-hybridized carbons (Fsp3) is 0.839. The van der Waals surface area contributed by atoms with E-state index in [1.165, 1.54) is 25.7 Å². The van der Waals surface area contributed by atoms with Gasteiger partial charge in [-0.2, -0.15) is 0 Å². The molecule has 39 heavy (non-hydrogen) atoms. The molecule has 3 N–H and O–H groups in total. The summed E-state index contributed by atoms with van der Waals surface area (Å²) in [5, 5.41) is 15.5. The second-order valence-corrected chi connectivity index (χ2v) is 12.8. The van der Waals surface area contributed by atoms with E-state index in [-0.39, 0.29) is 12.3 Å². The largest absolute Gasteiger partial charge is 0.481 e. The van der Waals surface area contributed by atoms with E-state index in [2.05, 4.69) is 29.7 Å². The number of ether oxygens (including phenoxy) is 2. The van der Waals surface area contributed by atoms with E-state index < -0.39 is 46.7 Å². The summed E-state index contributed by atoms with van der Waals surface area (Å²) in [5.74, 6) is -2.48. The van der Waals surface area contributed by atoms with Crippen molar-refractivity contribution in [3.05, 3.63) is 12.2 Å². The Morgan fingerprint density at radius 3 is 2.15 bits per heavy atom. The van der Waals surface area contributed by atoms with Crippen LogP contribution in [0.2, 0.25) is 0 Å². The van der Waals surface area contributed by atoms with E-state index in [0.29, 0.717) is 13.0 Å². The Morgan fingerprint density at radius 2 is 1.56 bits per heavy atom. The molecule has 8 heteroatoms. The van der Waals surface area contributed by atoms with Gasteiger partial charge in [0.15, 0.2) is 5.79 Å². The monoisotopic (exact) mass is 552 g/mol. The van der Waals surface area contributed by atoms with Crippen molar-refractivity contribution in [2.45, 2.75) is 150 Å². The van der Waals surface area contributed by atoms with Crippen LogP contribution >= 0.6 is 0 Å². The predicted molar refractivity (Wildman–Crippen MR) is 155 cm³/mol. The quantitative estimate of drug-likeness (QED) is 0.139. The smallest absolute Gasteiger partial charge is 0.305 e. The van der Waals surface area contributed by atoms with Crippen LogP contribution in [-0.2, 0) is 23.9 Å².